The Morgan fingerprint density at radius 3 is 2.38 bits per heavy atom. The van der Waals surface area contributed by atoms with Crippen molar-refractivity contribution >= 4 is 30.6 Å². The molecule has 0 aromatic carbocycles. The number of halogens is 2. The Balaban J connectivity index is 0.00000121. The highest BCUT2D eigenvalue weighted by molar-refractivity contribution is 5.85. The zero-order valence-electron chi connectivity index (χ0n) is 15.2. The van der Waals surface area contributed by atoms with Gasteiger partial charge in [-0.3, -0.25) is 0 Å². The molecule has 0 spiro atoms. The summed E-state index contributed by atoms with van der Waals surface area (Å²) in [5.74, 6) is 1.50. The fourth-order valence-electron chi connectivity index (χ4n) is 4.25. The van der Waals surface area contributed by atoms with Crippen molar-refractivity contribution in [2.45, 2.75) is 62.6 Å². The van der Waals surface area contributed by atoms with Crippen LogP contribution in [0.2, 0.25) is 0 Å². The van der Waals surface area contributed by atoms with E-state index in [4.69, 9.17) is 10.5 Å². The van der Waals surface area contributed by atoms with Crippen molar-refractivity contribution in [3.63, 3.8) is 0 Å². The Morgan fingerprint density at radius 2 is 1.73 bits per heavy atom. The normalized spacial score (nSPS) is 27.7. The van der Waals surface area contributed by atoms with Crippen LogP contribution in [-0.2, 0) is 4.74 Å². The van der Waals surface area contributed by atoms with E-state index in [1.165, 1.54) is 38.8 Å². The monoisotopic (exact) mass is 403 g/mol. The minimum Gasteiger partial charge on any atom is -0.381 e. The molecule has 8 heteroatoms. The van der Waals surface area contributed by atoms with Crippen molar-refractivity contribution in [1.29, 1.82) is 0 Å². The van der Waals surface area contributed by atoms with Gasteiger partial charge in [-0.25, -0.2) is 9.97 Å². The summed E-state index contributed by atoms with van der Waals surface area (Å²) in [6, 6.07) is 3.73. The number of ether oxygens (including phenoxy) is 1. The van der Waals surface area contributed by atoms with E-state index < -0.39 is 0 Å². The predicted octanol–water partition coefficient (Wildman–Crippen LogP) is 2.58. The minimum atomic E-state index is 0. The Hall–Kier alpha value is -0.660. The quantitative estimate of drug-likeness (QED) is 0.804. The molecule has 1 saturated carbocycles. The topological polar surface area (TPSA) is 76.3 Å². The van der Waals surface area contributed by atoms with Gasteiger partial charge in [0.25, 0.3) is 0 Å². The van der Waals surface area contributed by atoms with Crippen LogP contribution < -0.4 is 11.1 Å². The number of aromatic nitrogens is 2. The van der Waals surface area contributed by atoms with Gasteiger partial charge in [0.2, 0.25) is 0 Å². The molecule has 1 aromatic rings. The van der Waals surface area contributed by atoms with Crippen molar-refractivity contribution in [1.82, 2.24) is 14.9 Å². The third-order valence-corrected chi connectivity index (χ3v) is 5.87. The Morgan fingerprint density at radius 1 is 1.04 bits per heavy atom. The number of piperidine rings is 1. The molecule has 1 aromatic heterocycles. The number of likely N-dealkylation sites (tertiary alicyclic amines) is 1. The van der Waals surface area contributed by atoms with Gasteiger partial charge in [0.1, 0.15) is 12.1 Å². The molecule has 0 atom stereocenters. The summed E-state index contributed by atoms with van der Waals surface area (Å²) in [5.41, 5.74) is 7.04. The Kier molecular flexibility index (Phi) is 8.36. The molecule has 0 amide bonds. The lowest BCUT2D eigenvalue weighted by Gasteiger charge is -2.39. The molecule has 0 radical (unpaired) electrons. The maximum Gasteiger partial charge on any atom is 0.129 e. The molecule has 3 N–H and O–H groups in total. The van der Waals surface area contributed by atoms with Crippen molar-refractivity contribution in [2.24, 2.45) is 5.73 Å². The molecule has 0 bridgehead atoms. The summed E-state index contributed by atoms with van der Waals surface area (Å²) in [4.78, 5) is 11.5. The van der Waals surface area contributed by atoms with Crippen LogP contribution in [0.1, 0.15) is 50.1 Å². The van der Waals surface area contributed by atoms with E-state index >= 15 is 0 Å². The second-order valence-corrected chi connectivity index (χ2v) is 7.55. The first-order valence-corrected chi connectivity index (χ1v) is 9.44. The van der Waals surface area contributed by atoms with Gasteiger partial charge in [0.05, 0.1) is 0 Å². The number of hydrogen-bond donors (Lipinski definition) is 2. The van der Waals surface area contributed by atoms with E-state index in [2.05, 4.69) is 26.3 Å². The van der Waals surface area contributed by atoms with E-state index in [0.717, 1.165) is 43.6 Å². The van der Waals surface area contributed by atoms with Crippen LogP contribution in [-0.4, -0.2) is 59.3 Å². The predicted molar refractivity (Wildman–Crippen MR) is 109 cm³/mol. The van der Waals surface area contributed by atoms with Crippen LogP contribution in [0.4, 0.5) is 5.82 Å². The molecule has 3 aliphatic rings. The molecule has 2 saturated heterocycles. The molecule has 2 aliphatic heterocycles. The average molecular weight is 404 g/mol. The van der Waals surface area contributed by atoms with E-state index in [9.17, 15) is 0 Å². The van der Waals surface area contributed by atoms with Gasteiger partial charge < -0.3 is 20.7 Å². The average Bonchev–Trinajstić information content (AvgIpc) is 2.61. The number of nitrogens with one attached hydrogen (secondary N) is 1. The second kappa shape index (κ2) is 10.0. The Labute approximate surface area is 168 Å². The van der Waals surface area contributed by atoms with Crippen LogP contribution in [0.3, 0.4) is 0 Å². The number of anilines is 1. The lowest BCUT2D eigenvalue weighted by atomic mass is 9.78. The number of hydrogen-bond acceptors (Lipinski definition) is 6. The molecule has 6 nitrogen and oxygen atoms in total. The molecule has 4 rings (SSSR count). The van der Waals surface area contributed by atoms with Crippen molar-refractivity contribution in [3.8, 4) is 0 Å². The van der Waals surface area contributed by atoms with Gasteiger partial charge in [-0.1, -0.05) is 0 Å². The summed E-state index contributed by atoms with van der Waals surface area (Å²) in [6.45, 7) is 4.21. The van der Waals surface area contributed by atoms with E-state index in [1.807, 2.05) is 0 Å². The highest BCUT2D eigenvalue weighted by Gasteiger charge is 2.29. The van der Waals surface area contributed by atoms with E-state index in [-0.39, 0.29) is 24.8 Å². The molecule has 1 aliphatic carbocycles. The van der Waals surface area contributed by atoms with Crippen molar-refractivity contribution in [2.75, 3.05) is 31.6 Å². The van der Waals surface area contributed by atoms with Gasteiger partial charge in [-0.15, -0.1) is 24.8 Å². The number of nitrogens with two attached hydrogens (primary N) is 1. The molecule has 0 unspecified atom stereocenters. The zero-order valence-corrected chi connectivity index (χ0v) is 16.8. The first kappa shape index (κ1) is 21.6. The summed E-state index contributed by atoms with van der Waals surface area (Å²) in [7, 11) is 0. The zero-order chi connectivity index (χ0) is 16.4. The van der Waals surface area contributed by atoms with Crippen LogP contribution in [0.5, 0.6) is 0 Å². The summed E-state index contributed by atoms with van der Waals surface area (Å²) in [6.07, 6.45) is 8.56. The molecule has 148 valence electrons. The van der Waals surface area contributed by atoms with Gasteiger partial charge in [0, 0.05) is 62.1 Å². The first-order chi connectivity index (χ1) is 11.8. The van der Waals surface area contributed by atoms with Crippen LogP contribution in [0, 0.1) is 0 Å². The number of rotatable bonds is 4. The largest absolute Gasteiger partial charge is 0.381 e. The highest BCUT2D eigenvalue weighted by Crippen LogP contribution is 2.35. The van der Waals surface area contributed by atoms with E-state index in [0.29, 0.717) is 18.0 Å². The minimum absolute atomic E-state index is 0. The van der Waals surface area contributed by atoms with Crippen molar-refractivity contribution in [3.05, 3.63) is 18.1 Å². The van der Waals surface area contributed by atoms with Gasteiger partial charge in [0.15, 0.2) is 0 Å². The SMILES string of the molecule is Cl.Cl.NC1CC(c2cc(NC3CCN(C4CCOCC4)CC3)ncn2)C1. The molecule has 3 fully saturated rings. The molecular weight excluding hydrogens is 373 g/mol. The van der Waals surface area contributed by atoms with Gasteiger partial charge >= 0.3 is 0 Å². The fourth-order valence-corrected chi connectivity index (χ4v) is 4.25. The second-order valence-electron chi connectivity index (χ2n) is 7.55. The third kappa shape index (κ3) is 5.20. The lowest BCUT2D eigenvalue weighted by Crippen LogP contribution is -2.46. The summed E-state index contributed by atoms with van der Waals surface area (Å²) < 4.78 is 5.48. The van der Waals surface area contributed by atoms with Gasteiger partial charge in [-0.05, 0) is 38.5 Å². The summed E-state index contributed by atoms with van der Waals surface area (Å²) >= 11 is 0. The van der Waals surface area contributed by atoms with Crippen LogP contribution in [0.15, 0.2) is 12.4 Å². The maximum atomic E-state index is 5.90. The van der Waals surface area contributed by atoms with E-state index in [1.54, 1.807) is 6.33 Å². The molecule has 3 heterocycles. The van der Waals surface area contributed by atoms with Crippen molar-refractivity contribution < 1.29 is 4.74 Å². The Bertz CT molecular complexity index is 544. The highest BCUT2D eigenvalue weighted by atomic mass is 35.5. The van der Waals surface area contributed by atoms with Crippen LogP contribution >= 0.6 is 24.8 Å². The smallest absolute Gasteiger partial charge is 0.129 e. The standard InChI is InChI=1S/C18H29N5O.2ClH/c19-14-9-13(10-14)17-11-18(21-12-20-17)22-15-1-5-23(6-2-15)16-3-7-24-8-4-16;;/h11-16H,1-10,19H2,(H,20,21,22);2*1H. The number of nitrogens with zero attached hydrogens (tertiary/aromatic N) is 3. The third-order valence-electron chi connectivity index (χ3n) is 5.87. The van der Waals surface area contributed by atoms with Gasteiger partial charge in [-0.2, -0.15) is 0 Å². The first-order valence-electron chi connectivity index (χ1n) is 9.44. The summed E-state index contributed by atoms with van der Waals surface area (Å²) in [5, 5.41) is 3.63. The maximum absolute atomic E-state index is 5.90. The lowest BCUT2D eigenvalue weighted by molar-refractivity contribution is 0.0262. The fraction of sp³-hybridized carbons (Fsp3) is 0.778. The molecular formula is C18H31Cl2N5O. The molecule has 26 heavy (non-hydrogen) atoms. The van der Waals surface area contributed by atoms with Crippen LogP contribution in [0.25, 0.3) is 0 Å².